The van der Waals surface area contributed by atoms with Crippen LogP contribution < -0.4 is 11.1 Å². The maximum absolute atomic E-state index is 12.4. The minimum Gasteiger partial charge on any atom is -0.461 e. The van der Waals surface area contributed by atoms with Gasteiger partial charge in [0.2, 0.25) is 5.91 Å². The number of hydrogen-bond donors (Lipinski definition) is 2. The van der Waals surface area contributed by atoms with Crippen LogP contribution in [0.4, 0.5) is 0 Å². The second-order valence-corrected chi connectivity index (χ2v) is 7.15. The molecule has 1 saturated heterocycles. The molecule has 0 saturated carbocycles. The van der Waals surface area contributed by atoms with E-state index in [1.807, 2.05) is 36.1 Å². The number of carbonyl (C=O) groups excluding carboxylic acids is 2. The Hall–Kier alpha value is -2.12. The zero-order chi connectivity index (χ0) is 17.1. The average Bonchev–Trinajstić information content (AvgIpc) is 3.17. The zero-order valence-corrected chi connectivity index (χ0v) is 14.4. The first-order valence-corrected chi connectivity index (χ1v) is 8.81. The summed E-state index contributed by atoms with van der Waals surface area (Å²) in [5.41, 5.74) is 5.21. The average molecular weight is 347 g/mol. The molecule has 1 fully saturated rings. The molecule has 0 bridgehead atoms. The first kappa shape index (κ1) is 16.7. The van der Waals surface area contributed by atoms with Gasteiger partial charge in [0.25, 0.3) is 5.91 Å². The van der Waals surface area contributed by atoms with E-state index >= 15 is 0 Å². The van der Waals surface area contributed by atoms with Crippen molar-refractivity contribution in [1.82, 2.24) is 10.2 Å². The predicted octanol–water partition coefficient (Wildman–Crippen LogP) is 2.00. The van der Waals surface area contributed by atoms with Gasteiger partial charge in [-0.25, -0.2) is 0 Å². The van der Waals surface area contributed by atoms with E-state index in [2.05, 4.69) is 5.32 Å². The van der Waals surface area contributed by atoms with E-state index in [4.69, 9.17) is 10.2 Å². The lowest BCUT2D eigenvalue weighted by Crippen LogP contribution is -2.46. The van der Waals surface area contributed by atoms with Gasteiger partial charge in [0.1, 0.15) is 11.5 Å². The van der Waals surface area contributed by atoms with Crippen molar-refractivity contribution in [2.24, 2.45) is 5.73 Å². The third kappa shape index (κ3) is 4.04. The van der Waals surface area contributed by atoms with Gasteiger partial charge >= 0.3 is 0 Å². The van der Waals surface area contributed by atoms with Crippen LogP contribution in [-0.2, 0) is 4.79 Å². The Labute approximate surface area is 144 Å². The molecule has 0 aliphatic carbocycles. The number of thiophene rings is 1. The summed E-state index contributed by atoms with van der Waals surface area (Å²) in [6, 6.07) is 7.70. The Morgan fingerprint density at radius 2 is 2.04 bits per heavy atom. The summed E-state index contributed by atoms with van der Waals surface area (Å²) in [4.78, 5) is 27.0. The topological polar surface area (TPSA) is 88.6 Å². The number of carbonyl (C=O) groups is 2. The van der Waals surface area contributed by atoms with Crippen molar-refractivity contribution in [3.05, 3.63) is 34.9 Å². The summed E-state index contributed by atoms with van der Waals surface area (Å²) in [5, 5.41) is 3.08. The van der Waals surface area contributed by atoms with Crippen molar-refractivity contribution < 1.29 is 14.0 Å². The van der Waals surface area contributed by atoms with Crippen molar-refractivity contribution in [3.63, 3.8) is 0 Å². The Bertz CT molecular complexity index is 729. The summed E-state index contributed by atoms with van der Waals surface area (Å²) in [5.74, 6) is 1.28. The van der Waals surface area contributed by atoms with E-state index < -0.39 is 0 Å². The van der Waals surface area contributed by atoms with Gasteiger partial charge in [-0.05, 0) is 44.0 Å². The zero-order valence-electron chi connectivity index (χ0n) is 13.6. The van der Waals surface area contributed by atoms with Crippen LogP contribution in [0, 0.1) is 6.92 Å². The van der Waals surface area contributed by atoms with Gasteiger partial charge in [0.05, 0.1) is 16.3 Å². The smallest absolute Gasteiger partial charge is 0.261 e. The van der Waals surface area contributed by atoms with Gasteiger partial charge < -0.3 is 15.5 Å². The lowest BCUT2D eigenvalue weighted by Gasteiger charge is -2.31. The minimum absolute atomic E-state index is 0.0529. The minimum atomic E-state index is -0.309. The Morgan fingerprint density at radius 1 is 1.29 bits per heavy atom. The molecule has 0 unspecified atom stereocenters. The van der Waals surface area contributed by atoms with Crippen LogP contribution >= 0.6 is 11.3 Å². The maximum atomic E-state index is 12.4. The molecule has 0 aromatic carbocycles. The van der Waals surface area contributed by atoms with Gasteiger partial charge in [-0.15, -0.1) is 11.3 Å². The molecule has 0 radical (unpaired) electrons. The molecule has 3 N–H and O–H groups in total. The first-order valence-electron chi connectivity index (χ1n) is 7.99. The van der Waals surface area contributed by atoms with Crippen LogP contribution in [0.25, 0.3) is 10.6 Å². The number of aryl methyl sites for hydroxylation is 1. The van der Waals surface area contributed by atoms with Crippen LogP contribution in [0.5, 0.6) is 0 Å². The van der Waals surface area contributed by atoms with Crippen LogP contribution in [0.1, 0.15) is 28.3 Å². The lowest BCUT2D eigenvalue weighted by atomic mass is 10.0. The van der Waals surface area contributed by atoms with Crippen LogP contribution in [-0.4, -0.2) is 42.4 Å². The summed E-state index contributed by atoms with van der Waals surface area (Å²) in [7, 11) is 0. The summed E-state index contributed by atoms with van der Waals surface area (Å²) in [6.07, 6.45) is 1.66. The van der Waals surface area contributed by atoms with Crippen LogP contribution in [0.3, 0.4) is 0 Å². The second-order valence-electron chi connectivity index (χ2n) is 6.06. The summed E-state index contributed by atoms with van der Waals surface area (Å²) >= 11 is 1.43. The molecule has 3 heterocycles. The van der Waals surface area contributed by atoms with Crippen molar-refractivity contribution in [2.45, 2.75) is 25.8 Å². The molecule has 3 rings (SSSR count). The highest BCUT2D eigenvalue weighted by Crippen LogP contribution is 2.29. The van der Waals surface area contributed by atoms with E-state index in [9.17, 15) is 9.59 Å². The van der Waals surface area contributed by atoms with Crippen molar-refractivity contribution in [1.29, 1.82) is 0 Å². The van der Waals surface area contributed by atoms with Crippen molar-refractivity contribution in [2.75, 3.05) is 19.6 Å². The molecule has 24 heavy (non-hydrogen) atoms. The molecule has 2 aromatic heterocycles. The first-order chi connectivity index (χ1) is 11.5. The van der Waals surface area contributed by atoms with Gasteiger partial charge in [0, 0.05) is 19.1 Å². The highest BCUT2D eigenvalue weighted by atomic mass is 32.1. The molecule has 1 aliphatic heterocycles. The number of nitrogens with zero attached hydrogens (tertiary/aromatic N) is 1. The number of furan rings is 1. The number of amides is 2. The summed E-state index contributed by atoms with van der Waals surface area (Å²) < 4.78 is 5.59. The van der Waals surface area contributed by atoms with Gasteiger partial charge in [-0.2, -0.15) is 0 Å². The normalized spacial score (nSPS) is 16.2. The van der Waals surface area contributed by atoms with Gasteiger partial charge in [0.15, 0.2) is 0 Å². The quantitative estimate of drug-likeness (QED) is 0.866. The number of nitrogens with two attached hydrogens (primary N) is 1. The maximum Gasteiger partial charge on any atom is 0.261 e. The molecule has 1 aliphatic rings. The molecule has 128 valence electrons. The number of hydrogen-bond acceptors (Lipinski definition) is 5. The number of primary amides is 1. The fourth-order valence-corrected chi connectivity index (χ4v) is 3.74. The molecule has 7 heteroatoms. The second kappa shape index (κ2) is 7.19. The SMILES string of the molecule is Cc1ccc(-c2ccc(C(=O)NC3CCN(CC(N)=O)CC3)s2)o1. The number of rotatable bonds is 5. The van der Waals surface area contributed by atoms with E-state index in [-0.39, 0.29) is 24.4 Å². The van der Waals surface area contributed by atoms with E-state index in [1.165, 1.54) is 11.3 Å². The molecular formula is C17H21N3O3S. The van der Waals surface area contributed by atoms with Crippen molar-refractivity contribution in [3.8, 4) is 10.6 Å². The molecular weight excluding hydrogens is 326 g/mol. The fraction of sp³-hybridized carbons (Fsp3) is 0.412. The monoisotopic (exact) mass is 347 g/mol. The van der Waals surface area contributed by atoms with E-state index in [0.717, 1.165) is 42.3 Å². The highest BCUT2D eigenvalue weighted by Gasteiger charge is 2.22. The molecule has 0 spiro atoms. The Balaban J connectivity index is 1.54. The Kier molecular flexibility index (Phi) is 5.01. The Morgan fingerprint density at radius 3 is 2.67 bits per heavy atom. The molecule has 0 atom stereocenters. The lowest BCUT2D eigenvalue weighted by molar-refractivity contribution is -0.119. The highest BCUT2D eigenvalue weighted by molar-refractivity contribution is 7.17. The van der Waals surface area contributed by atoms with Gasteiger partial charge in [-0.3, -0.25) is 14.5 Å². The van der Waals surface area contributed by atoms with Crippen LogP contribution in [0.2, 0.25) is 0 Å². The van der Waals surface area contributed by atoms with Crippen molar-refractivity contribution >= 4 is 23.2 Å². The predicted molar refractivity (Wildman–Crippen MR) is 92.9 cm³/mol. The molecule has 2 aromatic rings. The summed E-state index contributed by atoms with van der Waals surface area (Å²) in [6.45, 7) is 3.73. The number of nitrogens with one attached hydrogen (secondary N) is 1. The number of piperidine rings is 1. The van der Waals surface area contributed by atoms with Gasteiger partial charge in [-0.1, -0.05) is 0 Å². The standard InChI is InChI=1S/C17H21N3O3S/c1-11-2-3-13(23-11)14-4-5-15(24-14)17(22)19-12-6-8-20(9-7-12)10-16(18)21/h2-5,12H,6-10H2,1H3,(H2,18,21)(H,19,22). The number of likely N-dealkylation sites (tertiary alicyclic amines) is 1. The molecule has 2 amide bonds. The van der Waals surface area contributed by atoms with E-state index in [1.54, 1.807) is 0 Å². The molecule has 6 nitrogen and oxygen atoms in total. The fourth-order valence-electron chi connectivity index (χ4n) is 2.87. The third-order valence-electron chi connectivity index (χ3n) is 4.12. The van der Waals surface area contributed by atoms with E-state index in [0.29, 0.717) is 4.88 Å². The largest absolute Gasteiger partial charge is 0.461 e. The van der Waals surface area contributed by atoms with Crippen LogP contribution in [0.15, 0.2) is 28.7 Å². The third-order valence-corrected chi connectivity index (χ3v) is 5.21.